The molecule has 0 spiro atoms. The third-order valence-electron chi connectivity index (χ3n) is 7.62. The number of alkyl halides is 4. The fourth-order valence-electron chi connectivity index (χ4n) is 5.74. The van der Waals surface area contributed by atoms with Crippen molar-refractivity contribution in [2.45, 2.75) is 38.3 Å². The quantitative estimate of drug-likeness (QED) is 0.333. The second-order valence-electron chi connectivity index (χ2n) is 10.3. The lowest BCUT2D eigenvalue weighted by Gasteiger charge is -2.40. The van der Waals surface area contributed by atoms with Gasteiger partial charge in [0.05, 0.1) is 41.9 Å². The molecule has 0 bridgehead atoms. The fraction of sp³-hybridized carbons (Fsp3) is 0.407. The molecule has 6 rings (SSSR count). The van der Waals surface area contributed by atoms with Crippen molar-refractivity contribution < 1.29 is 22.4 Å². The Hall–Kier alpha value is -3.80. The number of benzene rings is 1. The van der Waals surface area contributed by atoms with Gasteiger partial charge in [-0.2, -0.15) is 5.10 Å². The molecule has 4 aromatic rings. The molecule has 204 valence electrons. The summed E-state index contributed by atoms with van der Waals surface area (Å²) in [5.41, 5.74) is 2.99. The molecule has 1 aromatic carbocycles. The van der Waals surface area contributed by atoms with Gasteiger partial charge in [0, 0.05) is 61.4 Å². The molecule has 1 saturated heterocycles. The third kappa shape index (κ3) is 4.26. The molecule has 0 radical (unpaired) electrons. The zero-order chi connectivity index (χ0) is 27.6. The third-order valence-corrected chi connectivity index (χ3v) is 7.62. The van der Waals surface area contributed by atoms with E-state index < -0.39 is 18.9 Å². The van der Waals surface area contributed by atoms with Gasteiger partial charge >= 0.3 is 0 Å². The molecule has 0 saturated carbocycles. The minimum Gasteiger partial charge on any atom is -0.338 e. The SMILES string of the molecule is CC1C(=O)N(C)Cc2c(-c3cccc4nc(-c5cnn(C)c5)c(C(F)F)cc34)nc(C3CN(CC(F)F)C3)n21. The molecule has 39 heavy (non-hydrogen) atoms. The van der Waals surface area contributed by atoms with E-state index in [9.17, 15) is 22.4 Å². The smallest absolute Gasteiger partial charge is 0.265 e. The Bertz CT molecular complexity index is 1570. The molecule has 0 N–H and O–H groups in total. The fourth-order valence-corrected chi connectivity index (χ4v) is 5.74. The van der Waals surface area contributed by atoms with Gasteiger partial charge in [0.15, 0.2) is 0 Å². The maximum Gasteiger partial charge on any atom is 0.265 e. The van der Waals surface area contributed by atoms with Crippen molar-refractivity contribution in [2.75, 3.05) is 26.7 Å². The standard InChI is InChI=1S/C27H27F4N7O/c1-14-27(39)35(2)12-21-24(34-26(38(14)21)16-10-37(11-16)13-22(28)29)17-5-4-6-20-18(17)7-19(25(30)31)23(33-20)15-8-32-36(3)9-15/h4-9,14,16,22,25H,10-13H2,1-3H3. The zero-order valence-electron chi connectivity index (χ0n) is 21.7. The van der Waals surface area contributed by atoms with Crippen LogP contribution >= 0.6 is 0 Å². The number of hydrogen-bond acceptors (Lipinski definition) is 5. The van der Waals surface area contributed by atoms with Gasteiger partial charge in [0.1, 0.15) is 11.9 Å². The minimum atomic E-state index is -2.77. The molecule has 12 heteroatoms. The van der Waals surface area contributed by atoms with Gasteiger partial charge in [-0.25, -0.2) is 27.5 Å². The van der Waals surface area contributed by atoms with Crippen LogP contribution in [0, 0.1) is 0 Å². The summed E-state index contributed by atoms with van der Waals surface area (Å²) in [5.74, 6) is 0.472. The van der Waals surface area contributed by atoms with Gasteiger partial charge in [-0.05, 0) is 19.1 Å². The van der Waals surface area contributed by atoms with Crippen LogP contribution in [-0.4, -0.2) is 73.1 Å². The van der Waals surface area contributed by atoms with Crippen molar-refractivity contribution in [3.8, 4) is 22.5 Å². The van der Waals surface area contributed by atoms with Crippen LogP contribution in [0.1, 0.15) is 42.4 Å². The first kappa shape index (κ1) is 25.5. The van der Waals surface area contributed by atoms with Gasteiger partial charge < -0.3 is 9.47 Å². The van der Waals surface area contributed by atoms with E-state index in [2.05, 4.69) is 10.1 Å². The van der Waals surface area contributed by atoms with Crippen LogP contribution in [0.4, 0.5) is 17.6 Å². The van der Waals surface area contributed by atoms with Crippen molar-refractivity contribution in [3.63, 3.8) is 0 Å². The molecule has 8 nitrogen and oxygen atoms in total. The van der Waals surface area contributed by atoms with E-state index in [-0.39, 0.29) is 36.2 Å². The molecule has 1 amide bonds. The highest BCUT2D eigenvalue weighted by Gasteiger charge is 2.39. The Kier molecular flexibility index (Phi) is 6.17. The summed E-state index contributed by atoms with van der Waals surface area (Å²) in [6.07, 6.45) is -2.04. The van der Waals surface area contributed by atoms with E-state index in [4.69, 9.17) is 4.98 Å². The Labute approximate surface area is 221 Å². The normalized spacial score (nSPS) is 18.4. The predicted octanol–water partition coefficient (Wildman–Crippen LogP) is 4.63. The number of halogens is 4. The van der Waals surface area contributed by atoms with Crippen LogP contribution in [0.25, 0.3) is 33.4 Å². The molecule has 2 aliphatic rings. The van der Waals surface area contributed by atoms with Gasteiger partial charge in [0.25, 0.3) is 12.9 Å². The van der Waals surface area contributed by atoms with E-state index in [1.165, 1.54) is 16.9 Å². The molecule has 1 unspecified atom stereocenters. The Balaban J connectivity index is 1.51. The number of hydrogen-bond donors (Lipinski definition) is 0. The molecule has 1 fully saturated rings. The summed E-state index contributed by atoms with van der Waals surface area (Å²) < 4.78 is 57.8. The number of imidazole rings is 1. The number of nitrogens with zero attached hydrogens (tertiary/aromatic N) is 7. The Morgan fingerprint density at radius 3 is 2.51 bits per heavy atom. The summed E-state index contributed by atoms with van der Waals surface area (Å²) in [5, 5.41) is 4.62. The maximum absolute atomic E-state index is 14.3. The largest absolute Gasteiger partial charge is 0.338 e. The lowest BCUT2D eigenvalue weighted by Crippen LogP contribution is -2.49. The molecule has 1 atom stereocenters. The first-order valence-electron chi connectivity index (χ1n) is 12.7. The van der Waals surface area contributed by atoms with Crippen molar-refractivity contribution >= 4 is 16.8 Å². The molecule has 2 aliphatic heterocycles. The first-order chi connectivity index (χ1) is 18.6. The number of aryl methyl sites for hydroxylation is 1. The van der Waals surface area contributed by atoms with Crippen molar-refractivity contribution in [2.24, 2.45) is 7.05 Å². The van der Waals surface area contributed by atoms with E-state index in [0.29, 0.717) is 46.6 Å². The van der Waals surface area contributed by atoms with Crippen LogP contribution in [-0.2, 0) is 18.4 Å². The van der Waals surface area contributed by atoms with Crippen LogP contribution in [0.3, 0.4) is 0 Å². The number of likely N-dealkylation sites (tertiary alicyclic amines) is 1. The highest BCUT2D eigenvalue weighted by Crippen LogP contribution is 2.41. The Morgan fingerprint density at radius 1 is 1.08 bits per heavy atom. The second kappa shape index (κ2) is 9.44. The number of carbonyl (C=O) groups is 1. The lowest BCUT2D eigenvalue weighted by molar-refractivity contribution is -0.135. The average Bonchev–Trinajstić information content (AvgIpc) is 3.46. The molecule has 5 heterocycles. The lowest BCUT2D eigenvalue weighted by atomic mass is 9.98. The van der Waals surface area contributed by atoms with Crippen molar-refractivity contribution in [3.05, 3.63) is 53.7 Å². The summed E-state index contributed by atoms with van der Waals surface area (Å²) in [6, 6.07) is 6.33. The van der Waals surface area contributed by atoms with Crippen LogP contribution in [0.2, 0.25) is 0 Å². The second-order valence-corrected chi connectivity index (χ2v) is 10.3. The molecule has 3 aromatic heterocycles. The summed E-state index contributed by atoms with van der Waals surface area (Å²) >= 11 is 0. The number of aromatic nitrogens is 5. The monoisotopic (exact) mass is 541 g/mol. The van der Waals surface area contributed by atoms with Crippen LogP contribution in [0.5, 0.6) is 0 Å². The van der Waals surface area contributed by atoms with Gasteiger partial charge in [-0.15, -0.1) is 0 Å². The van der Waals surface area contributed by atoms with Crippen molar-refractivity contribution in [1.29, 1.82) is 0 Å². The van der Waals surface area contributed by atoms with Gasteiger partial charge in [-0.1, -0.05) is 12.1 Å². The Morgan fingerprint density at radius 2 is 1.85 bits per heavy atom. The molecular formula is C27H27F4N7O. The number of rotatable bonds is 6. The number of likely N-dealkylation sites (N-methyl/N-ethyl adjacent to an activating group) is 1. The summed E-state index contributed by atoms with van der Waals surface area (Å²) in [7, 11) is 3.42. The van der Waals surface area contributed by atoms with Gasteiger partial charge in [-0.3, -0.25) is 14.4 Å². The average molecular weight is 542 g/mol. The maximum atomic E-state index is 14.3. The molecular weight excluding hydrogens is 514 g/mol. The minimum absolute atomic E-state index is 0.0721. The highest BCUT2D eigenvalue weighted by molar-refractivity contribution is 5.96. The summed E-state index contributed by atoms with van der Waals surface area (Å²) in [6.45, 7) is 2.61. The van der Waals surface area contributed by atoms with Crippen LogP contribution in [0.15, 0.2) is 36.7 Å². The van der Waals surface area contributed by atoms with Crippen molar-refractivity contribution in [1.82, 2.24) is 34.1 Å². The van der Waals surface area contributed by atoms with Gasteiger partial charge in [0.2, 0.25) is 5.91 Å². The zero-order valence-corrected chi connectivity index (χ0v) is 21.7. The summed E-state index contributed by atoms with van der Waals surface area (Å²) in [4.78, 5) is 25.8. The molecule has 0 aliphatic carbocycles. The highest BCUT2D eigenvalue weighted by atomic mass is 19.3. The van der Waals surface area contributed by atoms with E-state index in [1.807, 2.05) is 10.6 Å². The van der Waals surface area contributed by atoms with E-state index in [0.717, 1.165) is 5.69 Å². The number of fused-ring (bicyclic) bond motifs is 2. The number of amides is 1. The van der Waals surface area contributed by atoms with Crippen LogP contribution < -0.4 is 0 Å². The number of pyridine rings is 1. The van der Waals surface area contributed by atoms with E-state index >= 15 is 0 Å². The number of carbonyl (C=O) groups excluding carboxylic acids is 1. The predicted molar refractivity (Wildman–Crippen MR) is 136 cm³/mol. The van der Waals surface area contributed by atoms with E-state index in [1.54, 1.807) is 49.1 Å². The first-order valence-corrected chi connectivity index (χ1v) is 12.7. The topological polar surface area (TPSA) is 72.1 Å².